The maximum Gasteiger partial charge on any atom is 0.220 e. The van der Waals surface area contributed by atoms with E-state index in [1.807, 2.05) is 6.08 Å². The Morgan fingerprint density at radius 2 is 0.921 bits per heavy atom. The Morgan fingerprint density at radius 1 is 0.513 bits per heavy atom. The van der Waals surface area contributed by atoms with E-state index in [1.165, 1.54) is 122 Å². The van der Waals surface area contributed by atoms with Crippen LogP contribution in [0.25, 0.3) is 0 Å². The summed E-state index contributed by atoms with van der Waals surface area (Å²) in [5.41, 5.74) is 0. The van der Waals surface area contributed by atoms with E-state index in [1.54, 1.807) is 6.08 Å². The molecule has 2 amide bonds. The number of aliphatic hydroxyl groups is 10. The van der Waals surface area contributed by atoms with Gasteiger partial charge in [0.05, 0.1) is 38.6 Å². The average molecular weight is 1090 g/mol. The molecule has 0 radical (unpaired) electrons. The van der Waals surface area contributed by atoms with Gasteiger partial charge in [-0.2, -0.15) is 0 Å². The van der Waals surface area contributed by atoms with Crippen LogP contribution in [0.5, 0.6) is 0 Å². The van der Waals surface area contributed by atoms with Gasteiger partial charge in [-0.05, 0) is 19.3 Å². The van der Waals surface area contributed by atoms with Gasteiger partial charge in [0.2, 0.25) is 11.8 Å². The molecule has 0 saturated carbocycles. The smallest absolute Gasteiger partial charge is 0.220 e. The number of nitrogens with one attached hydrogen (secondary N) is 2. The molecule has 6 unspecified atom stereocenters. The van der Waals surface area contributed by atoms with Crippen LogP contribution in [0.4, 0.5) is 0 Å². The van der Waals surface area contributed by atoms with Gasteiger partial charge in [-0.3, -0.25) is 9.59 Å². The van der Waals surface area contributed by atoms with E-state index >= 15 is 0 Å². The number of allylic oxidation sites excluding steroid dienone is 1. The molecule has 3 aliphatic heterocycles. The van der Waals surface area contributed by atoms with E-state index in [0.717, 1.165) is 51.9 Å². The fraction of sp³-hybridized carbons (Fsp3) is 0.929. The van der Waals surface area contributed by atoms with Crippen molar-refractivity contribution in [3.63, 3.8) is 0 Å². The van der Waals surface area contributed by atoms with E-state index < -0.39 is 130 Å². The maximum atomic E-state index is 13.3. The zero-order valence-electron chi connectivity index (χ0n) is 46.3. The van der Waals surface area contributed by atoms with Crippen LogP contribution < -0.4 is 10.6 Å². The summed E-state index contributed by atoms with van der Waals surface area (Å²) < 4.78 is 34.8. The van der Waals surface area contributed by atoms with Crippen molar-refractivity contribution in [2.45, 2.75) is 305 Å². The first-order chi connectivity index (χ1) is 36.7. The van der Waals surface area contributed by atoms with Gasteiger partial charge in [0.25, 0.3) is 0 Å². The number of carbonyl (C=O) groups is 2. The highest BCUT2D eigenvalue weighted by atomic mass is 16.8. The van der Waals surface area contributed by atoms with Crippen LogP contribution in [-0.4, -0.2) is 194 Å². The van der Waals surface area contributed by atoms with Gasteiger partial charge < -0.3 is 90.1 Å². The Morgan fingerprint density at radius 3 is 1.38 bits per heavy atom. The summed E-state index contributed by atoms with van der Waals surface area (Å²) in [4.78, 5) is 25.3. The SMILES string of the molecule is CCCCCCCCCCCCC/C=C/[C@@H](O)[C@H](CO[C@@H]1OC(CO)[C@@H](O[C@@H]2OC(CO)[C@H](O[C@@H]3OC(CO)[C@H](O)[C@H](O)C3NC(C)=O)[C@H](O)C2O)[C@H](O)C1O)NC(=O)CCCCCCCCCCCCCCCCC. The van der Waals surface area contributed by atoms with Crippen molar-refractivity contribution in [1.29, 1.82) is 0 Å². The summed E-state index contributed by atoms with van der Waals surface area (Å²) in [6, 6.07) is -2.40. The van der Waals surface area contributed by atoms with E-state index in [9.17, 15) is 60.7 Å². The quantitative estimate of drug-likeness (QED) is 0.0304. The van der Waals surface area contributed by atoms with Crippen LogP contribution in [-0.2, 0) is 38.0 Å². The third-order valence-electron chi connectivity index (χ3n) is 15.0. The lowest BCUT2D eigenvalue weighted by molar-refractivity contribution is -0.374. The number of rotatable bonds is 42. The Kier molecular flexibility index (Phi) is 36.2. The summed E-state index contributed by atoms with van der Waals surface area (Å²) in [6.07, 6.45) is 11.1. The fourth-order valence-electron chi connectivity index (χ4n) is 10.2. The average Bonchev–Trinajstić information content (AvgIpc) is 3.41. The van der Waals surface area contributed by atoms with E-state index in [2.05, 4.69) is 24.5 Å². The molecule has 76 heavy (non-hydrogen) atoms. The van der Waals surface area contributed by atoms with Crippen molar-refractivity contribution < 1.29 is 89.1 Å². The van der Waals surface area contributed by atoms with Crippen molar-refractivity contribution >= 4 is 11.8 Å². The van der Waals surface area contributed by atoms with Crippen LogP contribution in [0.3, 0.4) is 0 Å². The predicted octanol–water partition coefficient (Wildman–Crippen LogP) is 3.96. The Bertz CT molecular complexity index is 1520. The van der Waals surface area contributed by atoms with Crippen LogP contribution in [0, 0.1) is 0 Å². The molecule has 20 nitrogen and oxygen atoms in total. The summed E-state index contributed by atoms with van der Waals surface area (Å²) in [5.74, 6) is -0.924. The molecule has 17 atom stereocenters. The normalized spacial score (nSPS) is 30.9. The number of hydrogen-bond donors (Lipinski definition) is 12. The largest absolute Gasteiger partial charge is 0.394 e. The standard InChI is InChI=1S/C56H104N2O18/c1-4-6-8-10-12-14-16-18-19-21-23-25-27-29-31-33-44(64)58-39(40(63)32-30-28-26-24-22-20-17-15-13-11-9-7-5-2)37-71-55-50(69)48(67)53(42(35-60)73-55)76-56-51(70)49(68)52(43(36-61)74-56)75-54-45(57-38(3)62)47(66)46(65)41(34-59)72-54/h30,32,39-43,45-56,59-61,63,65-70H,4-29,31,33-37H2,1-3H3,(H,57,62)(H,58,64)/b32-30+/t39-,40+,41?,42?,43?,45?,46-,47+,48+,49+,50?,51?,52-,53+,54-,55+,56-/m0/s1. The Hall–Kier alpha value is -1.96. The van der Waals surface area contributed by atoms with Gasteiger partial charge in [0, 0.05) is 13.3 Å². The minimum absolute atomic E-state index is 0.244. The molecule has 0 aromatic rings. The number of aliphatic hydroxyl groups excluding tert-OH is 10. The molecule has 3 fully saturated rings. The molecule has 3 rings (SSSR count). The molecule has 0 bridgehead atoms. The van der Waals surface area contributed by atoms with Crippen molar-refractivity contribution in [1.82, 2.24) is 10.6 Å². The monoisotopic (exact) mass is 1090 g/mol. The summed E-state index contributed by atoms with van der Waals surface area (Å²) in [5, 5.41) is 113. The van der Waals surface area contributed by atoms with Crippen molar-refractivity contribution in [2.75, 3.05) is 26.4 Å². The third kappa shape index (κ3) is 24.8. The second kappa shape index (κ2) is 40.3. The number of amides is 2. The zero-order chi connectivity index (χ0) is 55.7. The molecule has 20 heteroatoms. The van der Waals surface area contributed by atoms with Gasteiger partial charge in [-0.15, -0.1) is 0 Å². The van der Waals surface area contributed by atoms with Crippen LogP contribution in [0.1, 0.15) is 201 Å². The minimum atomic E-state index is -1.99. The molecular weight excluding hydrogens is 989 g/mol. The van der Waals surface area contributed by atoms with Gasteiger partial charge in [0.15, 0.2) is 18.9 Å². The van der Waals surface area contributed by atoms with E-state index in [-0.39, 0.29) is 18.9 Å². The minimum Gasteiger partial charge on any atom is -0.394 e. The second-order valence-corrected chi connectivity index (χ2v) is 21.5. The summed E-state index contributed by atoms with van der Waals surface area (Å²) >= 11 is 0. The van der Waals surface area contributed by atoms with Crippen molar-refractivity contribution in [3.05, 3.63) is 12.2 Å². The number of ether oxygens (including phenoxy) is 6. The highest BCUT2D eigenvalue weighted by Crippen LogP contribution is 2.33. The Balaban J connectivity index is 1.56. The molecule has 0 spiro atoms. The fourth-order valence-corrected chi connectivity index (χ4v) is 10.2. The highest BCUT2D eigenvalue weighted by molar-refractivity contribution is 5.76. The first-order valence-corrected chi connectivity index (χ1v) is 29.4. The molecule has 12 N–H and O–H groups in total. The number of carbonyl (C=O) groups excluding carboxylic acids is 2. The van der Waals surface area contributed by atoms with Crippen LogP contribution >= 0.6 is 0 Å². The van der Waals surface area contributed by atoms with Crippen molar-refractivity contribution in [2.24, 2.45) is 0 Å². The van der Waals surface area contributed by atoms with Crippen molar-refractivity contribution in [3.8, 4) is 0 Å². The summed E-state index contributed by atoms with van der Waals surface area (Å²) in [6.45, 7) is 2.82. The lowest BCUT2D eigenvalue weighted by Gasteiger charge is -2.48. The van der Waals surface area contributed by atoms with Crippen LogP contribution in [0.15, 0.2) is 12.2 Å². The molecular formula is C56H104N2O18. The molecule has 0 aliphatic carbocycles. The molecule has 3 aliphatic rings. The molecule has 3 saturated heterocycles. The first-order valence-electron chi connectivity index (χ1n) is 29.4. The van der Waals surface area contributed by atoms with Crippen LogP contribution in [0.2, 0.25) is 0 Å². The van der Waals surface area contributed by atoms with Gasteiger partial charge in [-0.25, -0.2) is 0 Å². The lowest BCUT2D eigenvalue weighted by Crippen LogP contribution is -2.68. The predicted molar refractivity (Wildman–Crippen MR) is 284 cm³/mol. The lowest BCUT2D eigenvalue weighted by atomic mass is 9.95. The molecule has 0 aromatic carbocycles. The highest BCUT2D eigenvalue weighted by Gasteiger charge is 2.54. The third-order valence-corrected chi connectivity index (χ3v) is 15.0. The second-order valence-electron chi connectivity index (χ2n) is 21.5. The Labute approximate surface area is 453 Å². The van der Waals surface area contributed by atoms with Gasteiger partial charge in [0.1, 0.15) is 73.2 Å². The first kappa shape index (κ1) is 68.3. The van der Waals surface area contributed by atoms with Gasteiger partial charge >= 0.3 is 0 Å². The summed E-state index contributed by atoms with van der Waals surface area (Å²) in [7, 11) is 0. The zero-order valence-corrected chi connectivity index (χ0v) is 46.3. The molecule has 3 heterocycles. The van der Waals surface area contributed by atoms with E-state index in [0.29, 0.717) is 6.42 Å². The van der Waals surface area contributed by atoms with E-state index in [4.69, 9.17) is 28.4 Å². The number of unbranched alkanes of at least 4 members (excludes halogenated alkanes) is 25. The molecule has 0 aromatic heterocycles. The topological polar surface area (TPSA) is 316 Å². The number of hydrogen-bond acceptors (Lipinski definition) is 18. The molecule has 446 valence electrons. The maximum absolute atomic E-state index is 13.3. The van der Waals surface area contributed by atoms with Gasteiger partial charge in [-0.1, -0.05) is 180 Å².